The number of quaternary nitrogens is 1. The van der Waals surface area contributed by atoms with Gasteiger partial charge >= 0.3 is 6.61 Å². The molecular formula is C22H29F2N2O3+. The van der Waals surface area contributed by atoms with E-state index in [1.54, 1.807) is 12.1 Å². The van der Waals surface area contributed by atoms with Gasteiger partial charge in [0, 0.05) is 11.3 Å². The number of para-hydroxylation sites is 1. The van der Waals surface area contributed by atoms with Crippen LogP contribution in [0.15, 0.2) is 36.4 Å². The Bertz CT molecular complexity index is 805. The lowest BCUT2D eigenvalue weighted by atomic mass is 10.0. The monoisotopic (exact) mass is 407 g/mol. The van der Waals surface area contributed by atoms with E-state index in [4.69, 9.17) is 4.74 Å². The highest BCUT2D eigenvalue weighted by Crippen LogP contribution is 2.29. The van der Waals surface area contributed by atoms with Gasteiger partial charge in [-0.05, 0) is 42.2 Å². The van der Waals surface area contributed by atoms with Crippen molar-refractivity contribution in [1.82, 2.24) is 0 Å². The first kappa shape index (κ1) is 22.6. The van der Waals surface area contributed by atoms with Gasteiger partial charge in [0.05, 0.1) is 14.2 Å². The van der Waals surface area contributed by atoms with Crippen LogP contribution < -0.4 is 19.7 Å². The van der Waals surface area contributed by atoms with Gasteiger partial charge < -0.3 is 19.7 Å². The Balaban J connectivity index is 2.02. The number of hydrogen-bond acceptors (Lipinski definition) is 3. The molecule has 1 amide bonds. The smallest absolute Gasteiger partial charge is 0.387 e. The van der Waals surface area contributed by atoms with E-state index in [0.717, 1.165) is 40.1 Å². The maximum atomic E-state index is 12.6. The predicted octanol–water partition coefficient (Wildman–Crippen LogP) is 3.07. The maximum Gasteiger partial charge on any atom is 0.387 e. The lowest BCUT2D eigenvalue weighted by molar-refractivity contribution is -0.885. The molecule has 0 saturated heterocycles. The van der Waals surface area contributed by atoms with Crippen LogP contribution in [-0.2, 0) is 24.2 Å². The van der Waals surface area contributed by atoms with Crippen molar-refractivity contribution in [2.45, 2.75) is 39.8 Å². The fourth-order valence-electron chi connectivity index (χ4n) is 3.29. The lowest BCUT2D eigenvalue weighted by Gasteiger charge is -2.18. The molecule has 2 aromatic rings. The van der Waals surface area contributed by atoms with Crippen LogP contribution in [0.3, 0.4) is 0 Å². The van der Waals surface area contributed by atoms with Crippen LogP contribution in [0.5, 0.6) is 11.5 Å². The third kappa shape index (κ3) is 6.42. The summed E-state index contributed by atoms with van der Waals surface area (Å²) in [4.78, 5) is 13.5. The summed E-state index contributed by atoms with van der Waals surface area (Å²) in [6.07, 6.45) is 1.69. The van der Waals surface area contributed by atoms with Crippen LogP contribution in [0.1, 0.15) is 30.5 Å². The van der Waals surface area contributed by atoms with Gasteiger partial charge in [-0.1, -0.05) is 32.0 Å². The summed E-state index contributed by atoms with van der Waals surface area (Å²) >= 11 is 0. The number of methoxy groups -OCH3 is 1. The van der Waals surface area contributed by atoms with Crippen molar-refractivity contribution in [2.75, 3.05) is 26.0 Å². The molecule has 158 valence electrons. The first-order valence-corrected chi connectivity index (χ1v) is 9.71. The molecule has 2 rings (SSSR count). The molecule has 0 bridgehead atoms. The quantitative estimate of drug-likeness (QED) is 0.637. The number of benzene rings is 2. The SMILES string of the molecule is CCc1cccc(CC)c1NC(=O)C[NH+](C)Cc1ccc(OC(F)F)c(OC)c1. The van der Waals surface area contributed by atoms with Crippen molar-refractivity contribution >= 4 is 11.6 Å². The van der Waals surface area contributed by atoms with Crippen molar-refractivity contribution < 1.29 is 27.9 Å². The van der Waals surface area contributed by atoms with Gasteiger partial charge in [0.25, 0.3) is 5.91 Å². The van der Waals surface area contributed by atoms with E-state index >= 15 is 0 Å². The Labute approximate surface area is 170 Å². The number of nitrogens with one attached hydrogen (secondary N) is 2. The number of halogens is 2. The highest BCUT2D eigenvalue weighted by atomic mass is 19.3. The minimum Gasteiger partial charge on any atom is -0.493 e. The molecule has 7 heteroatoms. The maximum absolute atomic E-state index is 12.6. The zero-order valence-electron chi connectivity index (χ0n) is 17.4. The van der Waals surface area contributed by atoms with Crippen LogP contribution in [0, 0.1) is 0 Å². The molecule has 0 aliphatic rings. The van der Waals surface area contributed by atoms with Crippen LogP contribution >= 0.6 is 0 Å². The fraction of sp³-hybridized carbons (Fsp3) is 0.409. The van der Waals surface area contributed by atoms with Crippen LogP contribution in [-0.4, -0.2) is 33.2 Å². The molecule has 2 aromatic carbocycles. The van der Waals surface area contributed by atoms with Gasteiger partial charge in [-0.2, -0.15) is 8.78 Å². The molecule has 0 radical (unpaired) electrons. The zero-order chi connectivity index (χ0) is 21.4. The van der Waals surface area contributed by atoms with Crippen LogP contribution in [0.25, 0.3) is 0 Å². The lowest BCUT2D eigenvalue weighted by Crippen LogP contribution is -3.08. The summed E-state index contributed by atoms with van der Waals surface area (Å²) in [5.41, 5.74) is 4.01. The molecule has 1 unspecified atom stereocenters. The average Bonchev–Trinajstić information content (AvgIpc) is 2.68. The molecule has 0 aliphatic carbocycles. The Morgan fingerprint density at radius 3 is 2.31 bits per heavy atom. The predicted molar refractivity (Wildman–Crippen MR) is 109 cm³/mol. The van der Waals surface area contributed by atoms with Crippen molar-refractivity contribution in [1.29, 1.82) is 0 Å². The van der Waals surface area contributed by atoms with E-state index in [0.29, 0.717) is 6.54 Å². The highest BCUT2D eigenvalue weighted by Gasteiger charge is 2.16. The molecule has 1 atom stereocenters. The first-order chi connectivity index (χ1) is 13.9. The minimum absolute atomic E-state index is 0.00934. The highest BCUT2D eigenvalue weighted by molar-refractivity contribution is 5.93. The van der Waals surface area contributed by atoms with E-state index < -0.39 is 6.61 Å². The van der Waals surface area contributed by atoms with E-state index in [2.05, 4.69) is 23.9 Å². The van der Waals surface area contributed by atoms with Gasteiger partial charge in [0.15, 0.2) is 18.0 Å². The first-order valence-electron chi connectivity index (χ1n) is 9.71. The summed E-state index contributed by atoms with van der Waals surface area (Å²) in [6.45, 7) is 2.03. The van der Waals surface area contributed by atoms with E-state index in [1.807, 2.05) is 25.2 Å². The molecular weight excluding hydrogens is 378 g/mol. The van der Waals surface area contributed by atoms with E-state index in [-0.39, 0.29) is 24.0 Å². The Hall–Kier alpha value is -2.67. The fourth-order valence-corrected chi connectivity index (χ4v) is 3.29. The molecule has 5 nitrogen and oxygen atoms in total. The van der Waals surface area contributed by atoms with Gasteiger partial charge in [-0.3, -0.25) is 4.79 Å². The molecule has 0 fully saturated rings. The third-order valence-electron chi connectivity index (χ3n) is 4.68. The molecule has 2 N–H and O–H groups in total. The van der Waals surface area contributed by atoms with E-state index in [9.17, 15) is 13.6 Å². The zero-order valence-corrected chi connectivity index (χ0v) is 17.4. The molecule has 29 heavy (non-hydrogen) atoms. The van der Waals surface area contributed by atoms with Crippen molar-refractivity contribution in [3.63, 3.8) is 0 Å². The average molecular weight is 407 g/mol. The van der Waals surface area contributed by atoms with Crippen LogP contribution in [0.4, 0.5) is 14.5 Å². The molecule has 0 saturated carbocycles. The van der Waals surface area contributed by atoms with Gasteiger partial charge in [0.1, 0.15) is 6.54 Å². The molecule has 0 heterocycles. The second-order valence-electron chi connectivity index (χ2n) is 6.88. The summed E-state index contributed by atoms with van der Waals surface area (Å²) in [7, 11) is 3.31. The number of amides is 1. The van der Waals surface area contributed by atoms with Crippen molar-refractivity contribution in [3.05, 3.63) is 53.1 Å². The van der Waals surface area contributed by atoms with Crippen molar-refractivity contribution in [2.24, 2.45) is 0 Å². The number of hydrogen-bond donors (Lipinski definition) is 2. The molecule has 0 spiro atoms. The van der Waals surface area contributed by atoms with Gasteiger partial charge in [0.2, 0.25) is 0 Å². The Kier molecular flexibility index (Phi) is 8.39. The van der Waals surface area contributed by atoms with E-state index in [1.165, 1.54) is 13.2 Å². The topological polar surface area (TPSA) is 52.0 Å². The van der Waals surface area contributed by atoms with Gasteiger partial charge in [-0.25, -0.2) is 0 Å². The van der Waals surface area contributed by atoms with Crippen LogP contribution in [0.2, 0.25) is 0 Å². The number of aryl methyl sites for hydroxylation is 2. The number of carbonyl (C=O) groups is 1. The molecule has 0 aromatic heterocycles. The minimum atomic E-state index is -2.91. The number of carbonyl (C=O) groups excluding carboxylic acids is 1. The number of ether oxygens (including phenoxy) is 2. The largest absolute Gasteiger partial charge is 0.493 e. The number of anilines is 1. The number of rotatable bonds is 10. The second-order valence-corrected chi connectivity index (χ2v) is 6.88. The normalized spacial score (nSPS) is 12.0. The number of likely N-dealkylation sites (N-methyl/N-ethyl adjacent to an activating group) is 1. The number of alkyl halides is 2. The van der Waals surface area contributed by atoms with Crippen molar-refractivity contribution in [3.8, 4) is 11.5 Å². The Morgan fingerprint density at radius 2 is 1.76 bits per heavy atom. The summed E-state index contributed by atoms with van der Waals surface area (Å²) in [5.74, 6) is 0.164. The third-order valence-corrected chi connectivity index (χ3v) is 4.68. The second kappa shape index (κ2) is 10.8. The standard InChI is InChI=1S/C22H28F2N2O3/c1-5-16-8-7-9-17(6-2)21(16)25-20(27)14-26(3)13-15-10-11-18(29-22(23)24)19(12-15)28-4/h7-12,22H,5-6,13-14H2,1-4H3,(H,25,27)/p+1. The molecule has 0 aliphatic heterocycles. The Morgan fingerprint density at radius 1 is 1.10 bits per heavy atom. The summed E-state index contributed by atoms with van der Waals surface area (Å²) < 4.78 is 34.5. The van der Waals surface area contributed by atoms with Gasteiger partial charge in [-0.15, -0.1) is 0 Å². The summed E-state index contributed by atoms with van der Waals surface area (Å²) in [5, 5.41) is 3.06. The summed E-state index contributed by atoms with van der Waals surface area (Å²) in [6, 6.07) is 10.9.